The molecule has 9 heteroatoms. The summed E-state index contributed by atoms with van der Waals surface area (Å²) in [7, 11) is 1.43. The lowest BCUT2D eigenvalue weighted by Crippen LogP contribution is -2.18. The number of alkyl halides is 3. The highest BCUT2D eigenvalue weighted by Gasteiger charge is 2.26. The van der Waals surface area contributed by atoms with Crippen LogP contribution in [0.1, 0.15) is 48.8 Å². The molecule has 2 aromatic rings. The van der Waals surface area contributed by atoms with Crippen molar-refractivity contribution in [3.63, 3.8) is 0 Å². The molecule has 0 aliphatic rings. The number of halogens is 4. The van der Waals surface area contributed by atoms with Gasteiger partial charge in [-0.25, -0.2) is 0 Å². The van der Waals surface area contributed by atoms with Crippen LogP contribution in [0.3, 0.4) is 0 Å². The van der Waals surface area contributed by atoms with Crippen LogP contribution in [0.4, 0.5) is 13.2 Å². The Bertz CT molecular complexity index is 911. The predicted molar refractivity (Wildman–Crippen MR) is 104 cm³/mol. The third kappa shape index (κ3) is 6.10. The number of hydrogen-bond acceptors (Lipinski definition) is 3. The number of methoxy groups -OCH3 is 1. The molecule has 0 unspecified atom stereocenters. The first-order valence-corrected chi connectivity index (χ1v) is 9.80. The molecular formula is C19H22ClF3N2O2S. The summed E-state index contributed by atoms with van der Waals surface area (Å²) in [5.74, 6) is -0.236. The Hall–Kier alpha value is -1.80. The Morgan fingerprint density at radius 3 is 2.54 bits per heavy atom. The Balaban J connectivity index is 2.43. The van der Waals surface area contributed by atoms with E-state index in [1.165, 1.54) is 24.5 Å². The largest absolute Gasteiger partial charge is 0.496 e. The smallest absolute Gasteiger partial charge is 0.389 e. The SMILES string of the molecule is COc1ccc(Cl)cc1C(=O)/N=c1\sc(C(C)(C)C)cn1CCCC(F)(F)F. The molecule has 28 heavy (non-hydrogen) atoms. The molecule has 1 aromatic heterocycles. The van der Waals surface area contributed by atoms with Gasteiger partial charge in [-0.1, -0.05) is 32.4 Å². The van der Waals surface area contributed by atoms with Crippen molar-refractivity contribution in [1.82, 2.24) is 4.57 Å². The Labute approximate surface area is 170 Å². The third-order valence-electron chi connectivity index (χ3n) is 3.91. The van der Waals surface area contributed by atoms with Crippen molar-refractivity contribution in [3.05, 3.63) is 44.7 Å². The molecular weight excluding hydrogens is 413 g/mol. The van der Waals surface area contributed by atoms with Gasteiger partial charge in [0.1, 0.15) is 5.75 Å². The summed E-state index contributed by atoms with van der Waals surface area (Å²) in [4.78, 5) is 18.1. The van der Waals surface area contributed by atoms with Crippen molar-refractivity contribution in [2.45, 2.75) is 51.7 Å². The number of aryl methyl sites for hydroxylation is 1. The van der Waals surface area contributed by atoms with E-state index in [-0.39, 0.29) is 23.9 Å². The van der Waals surface area contributed by atoms with Crippen LogP contribution < -0.4 is 9.54 Å². The van der Waals surface area contributed by atoms with Crippen LogP contribution in [0.25, 0.3) is 0 Å². The van der Waals surface area contributed by atoms with Gasteiger partial charge in [-0.2, -0.15) is 18.2 Å². The van der Waals surface area contributed by atoms with Gasteiger partial charge in [0, 0.05) is 29.1 Å². The maximum Gasteiger partial charge on any atom is 0.389 e. The van der Waals surface area contributed by atoms with E-state index in [0.717, 1.165) is 4.88 Å². The molecule has 0 atom stereocenters. The molecule has 0 aliphatic carbocycles. The maximum absolute atomic E-state index is 12.7. The molecule has 0 spiro atoms. The summed E-state index contributed by atoms with van der Waals surface area (Å²) in [6.07, 6.45) is -3.44. The Morgan fingerprint density at radius 2 is 1.96 bits per heavy atom. The lowest BCUT2D eigenvalue weighted by Gasteiger charge is -2.14. The second kappa shape index (κ2) is 8.69. The fraction of sp³-hybridized carbons (Fsp3) is 0.474. The minimum atomic E-state index is -4.22. The highest BCUT2D eigenvalue weighted by molar-refractivity contribution is 7.09. The van der Waals surface area contributed by atoms with Crippen LogP contribution in [0, 0.1) is 0 Å². The van der Waals surface area contributed by atoms with Gasteiger partial charge >= 0.3 is 6.18 Å². The van der Waals surface area contributed by atoms with Crippen molar-refractivity contribution < 1.29 is 22.7 Å². The van der Waals surface area contributed by atoms with E-state index in [2.05, 4.69) is 4.99 Å². The highest BCUT2D eigenvalue weighted by Crippen LogP contribution is 2.26. The number of aromatic nitrogens is 1. The monoisotopic (exact) mass is 434 g/mol. The van der Waals surface area contributed by atoms with Gasteiger partial charge in [0.15, 0.2) is 4.80 Å². The molecule has 0 saturated heterocycles. The van der Waals surface area contributed by atoms with Gasteiger partial charge in [0.25, 0.3) is 5.91 Å². The summed E-state index contributed by atoms with van der Waals surface area (Å²) in [6, 6.07) is 4.62. The quantitative estimate of drug-likeness (QED) is 0.615. The standard InChI is InChI=1S/C19H22ClF3N2O2S/c1-18(2,3)15-11-25(9-5-8-19(21,22)23)17(28-15)24-16(26)13-10-12(20)6-7-14(13)27-4/h6-7,10-11H,5,8-9H2,1-4H3/b24-17-. The number of thiazole rings is 1. The van der Waals surface area contributed by atoms with Crippen molar-refractivity contribution >= 4 is 28.8 Å². The predicted octanol–water partition coefficient (Wildman–Crippen LogP) is 5.59. The van der Waals surface area contributed by atoms with E-state index in [1.807, 2.05) is 20.8 Å². The summed E-state index contributed by atoms with van der Waals surface area (Å²) in [5, 5.41) is 0.360. The minimum Gasteiger partial charge on any atom is -0.496 e. The first-order chi connectivity index (χ1) is 12.9. The molecule has 0 radical (unpaired) electrons. The summed E-state index contributed by atoms with van der Waals surface area (Å²) in [5.41, 5.74) is -0.0244. The van der Waals surface area contributed by atoms with Crippen molar-refractivity contribution in [2.75, 3.05) is 7.11 Å². The van der Waals surface area contributed by atoms with Gasteiger partial charge in [0.05, 0.1) is 12.7 Å². The second-order valence-electron chi connectivity index (χ2n) is 7.30. The summed E-state index contributed by atoms with van der Waals surface area (Å²) < 4.78 is 44.3. The van der Waals surface area contributed by atoms with Crippen LogP contribution in [0.5, 0.6) is 5.75 Å². The topological polar surface area (TPSA) is 43.6 Å². The van der Waals surface area contributed by atoms with Crippen LogP contribution in [-0.2, 0) is 12.0 Å². The number of ether oxygens (including phenoxy) is 1. The molecule has 0 saturated carbocycles. The fourth-order valence-corrected chi connectivity index (χ4v) is 3.66. The zero-order valence-corrected chi connectivity index (χ0v) is 17.6. The summed E-state index contributed by atoms with van der Waals surface area (Å²) >= 11 is 7.25. The van der Waals surface area contributed by atoms with Crippen LogP contribution >= 0.6 is 22.9 Å². The summed E-state index contributed by atoms with van der Waals surface area (Å²) in [6.45, 7) is 6.09. The van der Waals surface area contributed by atoms with Crippen molar-refractivity contribution in [2.24, 2.45) is 4.99 Å². The van der Waals surface area contributed by atoms with E-state index in [1.54, 1.807) is 22.9 Å². The third-order valence-corrected chi connectivity index (χ3v) is 5.59. The number of nitrogens with zero attached hydrogens (tertiary/aromatic N) is 2. The average molecular weight is 435 g/mol. The Kier molecular flexibility index (Phi) is 6.98. The highest BCUT2D eigenvalue weighted by atomic mass is 35.5. The van der Waals surface area contributed by atoms with E-state index >= 15 is 0 Å². The van der Waals surface area contributed by atoms with Crippen molar-refractivity contribution in [3.8, 4) is 5.75 Å². The zero-order valence-electron chi connectivity index (χ0n) is 16.1. The van der Waals surface area contributed by atoms with Gasteiger partial charge in [0.2, 0.25) is 0 Å². The molecule has 0 N–H and O–H groups in total. The first kappa shape index (κ1) is 22.5. The lowest BCUT2D eigenvalue weighted by atomic mass is 9.95. The number of benzene rings is 1. The first-order valence-electron chi connectivity index (χ1n) is 8.61. The second-order valence-corrected chi connectivity index (χ2v) is 8.75. The average Bonchev–Trinajstić information content (AvgIpc) is 2.96. The molecule has 4 nitrogen and oxygen atoms in total. The molecule has 1 heterocycles. The molecule has 0 aliphatic heterocycles. The number of rotatable bonds is 5. The van der Waals surface area contributed by atoms with Crippen LogP contribution in [0.15, 0.2) is 29.4 Å². The molecule has 154 valence electrons. The van der Waals surface area contributed by atoms with E-state index in [0.29, 0.717) is 15.6 Å². The molecule has 0 bridgehead atoms. The molecule has 1 amide bonds. The number of hydrogen-bond donors (Lipinski definition) is 0. The lowest BCUT2D eigenvalue weighted by molar-refractivity contribution is -0.135. The minimum absolute atomic E-state index is 0.0916. The van der Waals surface area contributed by atoms with E-state index < -0.39 is 18.5 Å². The van der Waals surface area contributed by atoms with Gasteiger partial charge in [-0.15, -0.1) is 11.3 Å². The van der Waals surface area contributed by atoms with Gasteiger partial charge in [-0.3, -0.25) is 4.79 Å². The van der Waals surface area contributed by atoms with Crippen LogP contribution in [0.2, 0.25) is 5.02 Å². The maximum atomic E-state index is 12.7. The van der Waals surface area contributed by atoms with E-state index in [4.69, 9.17) is 16.3 Å². The molecule has 2 rings (SSSR count). The van der Waals surface area contributed by atoms with Crippen molar-refractivity contribution in [1.29, 1.82) is 0 Å². The van der Waals surface area contributed by atoms with Gasteiger partial charge in [-0.05, 0) is 30.0 Å². The number of amides is 1. The molecule has 1 aromatic carbocycles. The van der Waals surface area contributed by atoms with Crippen LogP contribution in [-0.4, -0.2) is 23.8 Å². The number of carbonyl (C=O) groups is 1. The normalized spacial score (nSPS) is 13.1. The van der Waals surface area contributed by atoms with Gasteiger partial charge < -0.3 is 9.30 Å². The number of carbonyl (C=O) groups excluding carboxylic acids is 1. The zero-order chi connectivity index (χ0) is 21.1. The Morgan fingerprint density at radius 1 is 1.29 bits per heavy atom. The fourth-order valence-electron chi connectivity index (χ4n) is 2.42. The van der Waals surface area contributed by atoms with E-state index in [9.17, 15) is 18.0 Å². The molecule has 0 fully saturated rings.